The topological polar surface area (TPSA) is 61.4 Å². The molecule has 176 valence electrons. The van der Waals surface area contributed by atoms with E-state index in [9.17, 15) is 0 Å². The van der Waals surface area contributed by atoms with E-state index < -0.39 is 0 Å². The number of ether oxygens (including phenoxy) is 2. The van der Waals surface area contributed by atoms with E-state index in [2.05, 4.69) is 44.5 Å². The van der Waals surface area contributed by atoms with Gasteiger partial charge in [-0.15, -0.1) is 24.0 Å². The number of guanidine groups is 1. The number of hydrogen-bond donors (Lipinski definition) is 2. The fraction of sp³-hybridized carbons (Fsp3) is 0.696. The molecule has 2 unspecified atom stereocenters. The average molecular weight is 546 g/mol. The molecule has 0 aromatic heterocycles. The van der Waals surface area contributed by atoms with Gasteiger partial charge in [0, 0.05) is 57.9 Å². The number of nitrogens with zero attached hydrogens (tertiary/aromatic N) is 3. The van der Waals surface area contributed by atoms with E-state index >= 15 is 0 Å². The maximum absolute atomic E-state index is 5.40. The number of rotatable bonds is 8. The lowest BCUT2D eigenvalue weighted by Gasteiger charge is -2.33. The molecule has 2 fully saturated rings. The number of piperidine rings is 1. The lowest BCUT2D eigenvalue weighted by molar-refractivity contribution is 0.163. The fourth-order valence-electron chi connectivity index (χ4n) is 4.51. The van der Waals surface area contributed by atoms with Gasteiger partial charge in [-0.05, 0) is 50.4 Å². The Bertz CT molecular complexity index is 680. The van der Waals surface area contributed by atoms with Crippen LogP contribution in [0.3, 0.4) is 0 Å². The van der Waals surface area contributed by atoms with Crippen LogP contribution in [0.15, 0.2) is 23.2 Å². The highest BCUT2D eigenvalue weighted by Gasteiger charge is 2.24. The molecule has 2 aliphatic rings. The first-order valence-electron chi connectivity index (χ1n) is 11.3. The van der Waals surface area contributed by atoms with E-state index in [-0.39, 0.29) is 24.0 Å². The van der Waals surface area contributed by atoms with Crippen molar-refractivity contribution in [3.63, 3.8) is 0 Å². The van der Waals surface area contributed by atoms with E-state index in [1.165, 1.54) is 31.4 Å². The van der Waals surface area contributed by atoms with Crippen LogP contribution in [-0.4, -0.2) is 81.8 Å². The Kier molecular flexibility index (Phi) is 11.2. The summed E-state index contributed by atoms with van der Waals surface area (Å²) in [6.07, 6.45) is 5.14. The van der Waals surface area contributed by atoms with Crippen molar-refractivity contribution < 1.29 is 9.47 Å². The van der Waals surface area contributed by atoms with Crippen molar-refractivity contribution in [3.8, 4) is 11.5 Å². The van der Waals surface area contributed by atoms with E-state index in [1.807, 2.05) is 13.1 Å². The fourth-order valence-corrected chi connectivity index (χ4v) is 4.51. The van der Waals surface area contributed by atoms with Crippen LogP contribution in [-0.2, 0) is 6.54 Å². The molecule has 0 amide bonds. The maximum Gasteiger partial charge on any atom is 0.191 e. The van der Waals surface area contributed by atoms with Gasteiger partial charge in [-0.1, -0.05) is 6.42 Å². The molecule has 2 N–H and O–H groups in total. The standard InChI is InChI=1S/C23H39N5O2.HI/c1-18-7-5-6-10-28(18)12-9-25-23(24-2)26-20-8-11-27(17-20)16-19-13-21(29-3)15-22(14-19)30-4;/h13-15,18,20H,5-12,16-17H2,1-4H3,(H2,24,25,26);1H. The van der Waals surface area contributed by atoms with Gasteiger partial charge in [0.05, 0.1) is 14.2 Å². The summed E-state index contributed by atoms with van der Waals surface area (Å²) in [5.41, 5.74) is 1.21. The second kappa shape index (κ2) is 13.3. The quantitative estimate of drug-likeness (QED) is 0.298. The van der Waals surface area contributed by atoms with E-state index in [1.54, 1.807) is 14.2 Å². The molecular formula is C23H40IN5O2. The Balaban J connectivity index is 0.00000341. The highest BCUT2D eigenvalue weighted by molar-refractivity contribution is 14.0. The SMILES string of the molecule is CN=C(NCCN1CCCCC1C)NC1CCN(Cc2cc(OC)cc(OC)c2)C1.I. The van der Waals surface area contributed by atoms with Gasteiger partial charge in [0.1, 0.15) is 11.5 Å². The number of hydrogen-bond acceptors (Lipinski definition) is 5. The predicted octanol–water partition coefficient (Wildman–Crippen LogP) is 2.94. The first-order chi connectivity index (χ1) is 14.6. The molecule has 8 heteroatoms. The molecule has 3 rings (SSSR count). The lowest BCUT2D eigenvalue weighted by Crippen LogP contribution is -2.48. The molecule has 2 atom stereocenters. The van der Waals surface area contributed by atoms with Crippen molar-refractivity contribution in [1.29, 1.82) is 0 Å². The predicted molar refractivity (Wildman–Crippen MR) is 138 cm³/mol. The molecule has 31 heavy (non-hydrogen) atoms. The number of likely N-dealkylation sites (tertiary alicyclic amines) is 2. The van der Waals surface area contributed by atoms with Gasteiger partial charge in [-0.3, -0.25) is 14.8 Å². The number of aliphatic imine (C=N–C) groups is 1. The maximum atomic E-state index is 5.40. The van der Waals surface area contributed by atoms with Gasteiger partial charge in [0.2, 0.25) is 0 Å². The van der Waals surface area contributed by atoms with E-state index in [0.717, 1.165) is 56.6 Å². The highest BCUT2D eigenvalue weighted by atomic mass is 127. The average Bonchev–Trinajstić information content (AvgIpc) is 3.20. The van der Waals surface area contributed by atoms with Crippen LogP contribution in [0.4, 0.5) is 0 Å². The molecule has 0 aliphatic carbocycles. The molecule has 0 bridgehead atoms. The van der Waals surface area contributed by atoms with Crippen molar-refractivity contribution in [2.75, 3.05) is 54.0 Å². The summed E-state index contributed by atoms with van der Waals surface area (Å²) in [6.45, 7) is 8.55. The van der Waals surface area contributed by atoms with Gasteiger partial charge in [0.15, 0.2) is 5.96 Å². The van der Waals surface area contributed by atoms with Crippen molar-refractivity contribution >= 4 is 29.9 Å². The molecule has 7 nitrogen and oxygen atoms in total. The Morgan fingerprint density at radius 1 is 1.10 bits per heavy atom. The van der Waals surface area contributed by atoms with Crippen LogP contribution >= 0.6 is 24.0 Å². The first kappa shape index (κ1) is 26.0. The lowest BCUT2D eigenvalue weighted by atomic mass is 10.0. The Labute approximate surface area is 205 Å². The monoisotopic (exact) mass is 545 g/mol. The zero-order chi connectivity index (χ0) is 21.3. The normalized spacial score (nSPS) is 22.6. The van der Waals surface area contributed by atoms with Gasteiger partial charge in [0.25, 0.3) is 0 Å². The highest BCUT2D eigenvalue weighted by Crippen LogP contribution is 2.24. The summed E-state index contributed by atoms with van der Waals surface area (Å²) >= 11 is 0. The van der Waals surface area contributed by atoms with Crippen LogP contribution in [0.25, 0.3) is 0 Å². The van der Waals surface area contributed by atoms with Crippen LogP contribution in [0.5, 0.6) is 11.5 Å². The van der Waals surface area contributed by atoms with Crippen molar-refractivity contribution in [1.82, 2.24) is 20.4 Å². The summed E-state index contributed by atoms with van der Waals surface area (Å²) in [6, 6.07) is 7.21. The summed E-state index contributed by atoms with van der Waals surface area (Å²) < 4.78 is 10.8. The third kappa shape index (κ3) is 7.98. The van der Waals surface area contributed by atoms with Crippen molar-refractivity contribution in [2.24, 2.45) is 4.99 Å². The van der Waals surface area contributed by atoms with Gasteiger partial charge in [-0.2, -0.15) is 0 Å². The van der Waals surface area contributed by atoms with Crippen LogP contribution < -0.4 is 20.1 Å². The summed E-state index contributed by atoms with van der Waals surface area (Å²) in [7, 11) is 5.24. The molecule has 1 aromatic rings. The van der Waals surface area contributed by atoms with E-state index in [4.69, 9.17) is 9.47 Å². The number of methoxy groups -OCH3 is 2. The zero-order valence-corrected chi connectivity index (χ0v) is 21.9. The molecule has 2 heterocycles. The molecule has 0 spiro atoms. The first-order valence-corrected chi connectivity index (χ1v) is 11.3. The van der Waals surface area contributed by atoms with Gasteiger partial charge in [-0.25, -0.2) is 0 Å². The Morgan fingerprint density at radius 2 is 1.84 bits per heavy atom. The summed E-state index contributed by atoms with van der Waals surface area (Å²) in [5, 5.41) is 7.11. The van der Waals surface area contributed by atoms with Crippen molar-refractivity contribution in [2.45, 2.75) is 51.2 Å². The second-order valence-electron chi connectivity index (χ2n) is 8.47. The molecule has 0 saturated carbocycles. The minimum Gasteiger partial charge on any atom is -0.497 e. The largest absolute Gasteiger partial charge is 0.497 e. The minimum atomic E-state index is 0. The Hall–Kier alpha value is -1.26. The summed E-state index contributed by atoms with van der Waals surface area (Å²) in [4.78, 5) is 9.49. The van der Waals surface area contributed by atoms with Crippen LogP contribution in [0.2, 0.25) is 0 Å². The van der Waals surface area contributed by atoms with Gasteiger partial charge >= 0.3 is 0 Å². The number of nitrogens with one attached hydrogen (secondary N) is 2. The molecule has 1 aromatic carbocycles. The van der Waals surface area contributed by atoms with E-state index in [0.29, 0.717) is 12.1 Å². The van der Waals surface area contributed by atoms with Crippen molar-refractivity contribution in [3.05, 3.63) is 23.8 Å². The third-order valence-corrected chi connectivity index (χ3v) is 6.29. The number of halogens is 1. The van der Waals surface area contributed by atoms with Gasteiger partial charge < -0.3 is 20.1 Å². The minimum absolute atomic E-state index is 0. The molecule has 0 radical (unpaired) electrons. The number of benzene rings is 1. The second-order valence-corrected chi connectivity index (χ2v) is 8.47. The molecular weight excluding hydrogens is 505 g/mol. The third-order valence-electron chi connectivity index (χ3n) is 6.29. The van der Waals surface area contributed by atoms with Crippen LogP contribution in [0.1, 0.15) is 38.2 Å². The smallest absolute Gasteiger partial charge is 0.191 e. The zero-order valence-electron chi connectivity index (χ0n) is 19.5. The summed E-state index contributed by atoms with van der Waals surface area (Å²) in [5.74, 6) is 2.59. The molecule has 2 saturated heterocycles. The Morgan fingerprint density at radius 3 is 2.48 bits per heavy atom. The van der Waals surface area contributed by atoms with Crippen LogP contribution in [0, 0.1) is 0 Å². The molecule has 2 aliphatic heterocycles.